The molecule has 1 aromatic rings. The Balaban J connectivity index is 2.52. The average Bonchev–Trinajstić information content (AvgIpc) is 2.30. The second kappa shape index (κ2) is 6.64. The van der Waals surface area contributed by atoms with Gasteiger partial charge >= 0.3 is 0 Å². The number of nitrogens with one attached hydrogen (secondary N) is 1. The first-order valence-corrected chi connectivity index (χ1v) is 6.25. The summed E-state index contributed by atoms with van der Waals surface area (Å²) in [5, 5.41) is 3.23. The summed E-state index contributed by atoms with van der Waals surface area (Å²) in [5.41, 5.74) is 2.53. The van der Waals surface area contributed by atoms with E-state index >= 15 is 0 Å². The molecule has 0 amide bonds. The van der Waals surface area contributed by atoms with Gasteiger partial charge in [0.1, 0.15) is 0 Å². The summed E-state index contributed by atoms with van der Waals surface area (Å²) in [4.78, 5) is 4.51. The minimum absolute atomic E-state index is 0.674. The smallest absolute Gasteiger partial charge is 0.0406 e. The first kappa shape index (κ1) is 13.2. The van der Waals surface area contributed by atoms with Crippen LogP contribution in [0.5, 0.6) is 0 Å². The number of aromatic nitrogens is 1. The summed E-state index contributed by atoms with van der Waals surface area (Å²) in [5.74, 6) is 1.37. The van der Waals surface area contributed by atoms with Crippen LogP contribution < -0.4 is 5.32 Å². The SMILES string of the molecule is CCc1ccc(CC(C)C(C)CNC)nc1. The number of pyridine rings is 1. The fourth-order valence-corrected chi connectivity index (χ4v) is 1.84. The van der Waals surface area contributed by atoms with E-state index in [9.17, 15) is 0 Å². The molecule has 0 fully saturated rings. The number of nitrogens with zero attached hydrogens (tertiary/aromatic N) is 1. The van der Waals surface area contributed by atoms with E-state index in [-0.39, 0.29) is 0 Å². The van der Waals surface area contributed by atoms with Crippen LogP contribution in [0.15, 0.2) is 18.3 Å². The highest BCUT2D eigenvalue weighted by Crippen LogP contribution is 2.15. The van der Waals surface area contributed by atoms with Crippen LogP contribution in [0.3, 0.4) is 0 Å². The molecule has 1 aromatic heterocycles. The molecule has 0 aliphatic heterocycles. The van der Waals surface area contributed by atoms with Crippen molar-refractivity contribution in [3.8, 4) is 0 Å². The minimum atomic E-state index is 0.674. The summed E-state index contributed by atoms with van der Waals surface area (Å²) < 4.78 is 0. The quantitative estimate of drug-likeness (QED) is 0.797. The van der Waals surface area contributed by atoms with Crippen LogP contribution in [0.1, 0.15) is 32.0 Å². The van der Waals surface area contributed by atoms with Gasteiger partial charge in [-0.2, -0.15) is 0 Å². The van der Waals surface area contributed by atoms with Crippen LogP contribution in [0.25, 0.3) is 0 Å². The number of hydrogen-bond donors (Lipinski definition) is 1. The van der Waals surface area contributed by atoms with Gasteiger partial charge in [-0.25, -0.2) is 0 Å². The molecule has 2 unspecified atom stereocenters. The molecule has 0 saturated heterocycles. The van der Waals surface area contributed by atoms with Gasteiger partial charge in [-0.3, -0.25) is 4.98 Å². The first-order chi connectivity index (χ1) is 7.67. The van der Waals surface area contributed by atoms with Crippen molar-refractivity contribution in [2.75, 3.05) is 13.6 Å². The molecule has 2 nitrogen and oxygen atoms in total. The Morgan fingerprint density at radius 1 is 1.25 bits per heavy atom. The van der Waals surface area contributed by atoms with Gasteiger partial charge in [0, 0.05) is 11.9 Å². The minimum Gasteiger partial charge on any atom is -0.319 e. The maximum absolute atomic E-state index is 4.51. The van der Waals surface area contributed by atoms with Crippen LogP contribution >= 0.6 is 0 Å². The Labute approximate surface area is 99.5 Å². The van der Waals surface area contributed by atoms with Crippen molar-refractivity contribution in [3.05, 3.63) is 29.6 Å². The second-order valence-corrected chi connectivity index (χ2v) is 4.73. The molecule has 0 spiro atoms. The van der Waals surface area contributed by atoms with E-state index in [1.54, 1.807) is 0 Å². The second-order valence-electron chi connectivity index (χ2n) is 4.73. The standard InChI is InChI=1S/C14H24N2/c1-5-13-6-7-14(16-10-13)8-11(2)12(3)9-15-4/h6-7,10-12,15H,5,8-9H2,1-4H3. The van der Waals surface area contributed by atoms with E-state index in [0.717, 1.165) is 19.4 Å². The van der Waals surface area contributed by atoms with Crippen LogP contribution in [0, 0.1) is 11.8 Å². The highest BCUT2D eigenvalue weighted by atomic mass is 14.8. The molecular weight excluding hydrogens is 196 g/mol. The lowest BCUT2D eigenvalue weighted by molar-refractivity contribution is 0.372. The predicted octanol–water partition coefficient (Wildman–Crippen LogP) is 2.68. The molecule has 1 heterocycles. The van der Waals surface area contributed by atoms with Gasteiger partial charge in [0.25, 0.3) is 0 Å². The number of aryl methyl sites for hydroxylation is 1. The fraction of sp³-hybridized carbons (Fsp3) is 0.643. The lowest BCUT2D eigenvalue weighted by Gasteiger charge is -2.19. The van der Waals surface area contributed by atoms with Crippen LogP contribution in [0.4, 0.5) is 0 Å². The molecule has 1 N–H and O–H groups in total. The van der Waals surface area contributed by atoms with Crippen LogP contribution in [0.2, 0.25) is 0 Å². The van der Waals surface area contributed by atoms with Crippen molar-refractivity contribution in [1.82, 2.24) is 10.3 Å². The first-order valence-electron chi connectivity index (χ1n) is 6.25. The van der Waals surface area contributed by atoms with Crippen molar-refractivity contribution in [1.29, 1.82) is 0 Å². The maximum Gasteiger partial charge on any atom is 0.0406 e. The molecule has 0 aliphatic carbocycles. The van der Waals surface area contributed by atoms with Gasteiger partial charge in [-0.05, 0) is 49.9 Å². The summed E-state index contributed by atoms with van der Waals surface area (Å²) in [6, 6.07) is 4.36. The molecule has 0 saturated carbocycles. The Kier molecular flexibility index (Phi) is 5.47. The molecule has 1 rings (SSSR count). The lowest BCUT2D eigenvalue weighted by atomic mass is 9.91. The largest absolute Gasteiger partial charge is 0.319 e. The lowest BCUT2D eigenvalue weighted by Crippen LogP contribution is -2.23. The summed E-state index contributed by atoms with van der Waals surface area (Å²) >= 11 is 0. The van der Waals surface area contributed by atoms with E-state index in [0.29, 0.717) is 11.8 Å². The van der Waals surface area contributed by atoms with Crippen molar-refractivity contribution >= 4 is 0 Å². The third-order valence-corrected chi connectivity index (χ3v) is 3.32. The molecular formula is C14H24N2. The van der Waals surface area contributed by atoms with Gasteiger partial charge in [-0.1, -0.05) is 26.8 Å². The molecule has 0 aliphatic rings. The zero-order valence-corrected chi connectivity index (χ0v) is 11.0. The highest BCUT2D eigenvalue weighted by molar-refractivity contribution is 5.14. The molecule has 90 valence electrons. The predicted molar refractivity (Wildman–Crippen MR) is 69.6 cm³/mol. The fourth-order valence-electron chi connectivity index (χ4n) is 1.84. The van der Waals surface area contributed by atoms with Crippen molar-refractivity contribution in [3.63, 3.8) is 0 Å². The number of hydrogen-bond acceptors (Lipinski definition) is 2. The molecule has 2 heteroatoms. The summed E-state index contributed by atoms with van der Waals surface area (Å²) in [6.07, 6.45) is 4.15. The third kappa shape index (κ3) is 3.93. The van der Waals surface area contributed by atoms with Gasteiger partial charge in [0.15, 0.2) is 0 Å². The molecule has 0 radical (unpaired) electrons. The van der Waals surface area contributed by atoms with Gasteiger partial charge in [0.05, 0.1) is 0 Å². The van der Waals surface area contributed by atoms with Crippen LogP contribution in [-0.4, -0.2) is 18.6 Å². The van der Waals surface area contributed by atoms with E-state index in [1.807, 2.05) is 13.2 Å². The summed E-state index contributed by atoms with van der Waals surface area (Å²) in [7, 11) is 2.01. The van der Waals surface area contributed by atoms with Crippen molar-refractivity contribution < 1.29 is 0 Å². The molecule has 2 atom stereocenters. The molecule has 0 bridgehead atoms. The van der Waals surface area contributed by atoms with Gasteiger partial charge < -0.3 is 5.32 Å². The Morgan fingerprint density at radius 2 is 2.00 bits per heavy atom. The highest BCUT2D eigenvalue weighted by Gasteiger charge is 2.12. The number of rotatable bonds is 6. The molecule has 16 heavy (non-hydrogen) atoms. The molecule has 0 aromatic carbocycles. The normalized spacial score (nSPS) is 14.8. The van der Waals surface area contributed by atoms with Crippen LogP contribution in [-0.2, 0) is 12.8 Å². The van der Waals surface area contributed by atoms with E-state index in [1.165, 1.54) is 11.3 Å². The van der Waals surface area contributed by atoms with Crippen molar-refractivity contribution in [2.45, 2.75) is 33.6 Å². The average molecular weight is 220 g/mol. The van der Waals surface area contributed by atoms with Gasteiger partial charge in [-0.15, -0.1) is 0 Å². The Bertz CT molecular complexity index is 292. The Morgan fingerprint density at radius 3 is 2.50 bits per heavy atom. The maximum atomic E-state index is 4.51. The zero-order chi connectivity index (χ0) is 12.0. The topological polar surface area (TPSA) is 24.9 Å². The van der Waals surface area contributed by atoms with Crippen molar-refractivity contribution in [2.24, 2.45) is 11.8 Å². The van der Waals surface area contributed by atoms with E-state index in [2.05, 4.69) is 43.2 Å². The Hall–Kier alpha value is -0.890. The van der Waals surface area contributed by atoms with E-state index < -0.39 is 0 Å². The van der Waals surface area contributed by atoms with Gasteiger partial charge in [0.2, 0.25) is 0 Å². The zero-order valence-electron chi connectivity index (χ0n) is 11.0. The summed E-state index contributed by atoms with van der Waals surface area (Å²) in [6.45, 7) is 7.83. The monoisotopic (exact) mass is 220 g/mol. The van der Waals surface area contributed by atoms with E-state index in [4.69, 9.17) is 0 Å². The third-order valence-electron chi connectivity index (χ3n) is 3.32.